The predicted octanol–water partition coefficient (Wildman–Crippen LogP) is 3.94. The molecule has 1 nitrogen and oxygen atoms in total. The molecular weight excluding hydrogens is 228 g/mol. The van der Waals surface area contributed by atoms with Crippen LogP contribution in [0.25, 0.3) is 6.08 Å². The summed E-state index contributed by atoms with van der Waals surface area (Å²) in [6.45, 7) is 3.57. The SMILES string of the molecule is CC(=O)SCC=Cc1ccc(C)cc1Cl. The molecule has 0 saturated heterocycles. The summed E-state index contributed by atoms with van der Waals surface area (Å²) in [5.74, 6) is 0.694. The maximum atomic E-state index is 10.7. The summed E-state index contributed by atoms with van der Waals surface area (Å²) in [7, 11) is 0. The lowest BCUT2D eigenvalue weighted by molar-refractivity contribution is -0.109. The quantitative estimate of drug-likeness (QED) is 0.796. The molecule has 0 heterocycles. The lowest BCUT2D eigenvalue weighted by Crippen LogP contribution is -1.82. The van der Waals surface area contributed by atoms with Gasteiger partial charge in [0.25, 0.3) is 0 Å². The fraction of sp³-hybridized carbons (Fsp3) is 0.250. The van der Waals surface area contributed by atoms with E-state index in [9.17, 15) is 4.79 Å². The zero-order chi connectivity index (χ0) is 11.3. The average molecular weight is 241 g/mol. The summed E-state index contributed by atoms with van der Waals surface area (Å²) < 4.78 is 0. The Morgan fingerprint density at radius 1 is 1.53 bits per heavy atom. The number of aryl methyl sites for hydroxylation is 1. The Kier molecular flexibility index (Phi) is 4.92. The van der Waals surface area contributed by atoms with Crippen molar-refractivity contribution in [3.8, 4) is 0 Å². The highest BCUT2D eigenvalue weighted by Crippen LogP contribution is 2.19. The van der Waals surface area contributed by atoms with E-state index < -0.39 is 0 Å². The van der Waals surface area contributed by atoms with Gasteiger partial charge in [-0.1, -0.05) is 47.6 Å². The monoisotopic (exact) mass is 240 g/mol. The molecule has 0 radical (unpaired) electrons. The molecule has 0 unspecified atom stereocenters. The van der Waals surface area contributed by atoms with Gasteiger partial charge in [-0.15, -0.1) is 0 Å². The summed E-state index contributed by atoms with van der Waals surface area (Å²) in [6.07, 6.45) is 3.89. The summed E-state index contributed by atoms with van der Waals surface area (Å²) in [5.41, 5.74) is 2.14. The number of carbonyl (C=O) groups excluding carboxylic acids is 1. The van der Waals surface area contributed by atoms with Crippen molar-refractivity contribution < 1.29 is 4.79 Å². The summed E-state index contributed by atoms with van der Waals surface area (Å²) >= 11 is 7.34. The summed E-state index contributed by atoms with van der Waals surface area (Å²) in [4.78, 5) is 10.7. The van der Waals surface area contributed by atoms with E-state index in [4.69, 9.17) is 11.6 Å². The van der Waals surface area contributed by atoms with Crippen LogP contribution in [0.3, 0.4) is 0 Å². The molecule has 0 saturated carbocycles. The van der Waals surface area contributed by atoms with Gasteiger partial charge in [-0.3, -0.25) is 4.79 Å². The number of thioether (sulfide) groups is 1. The minimum atomic E-state index is 0.134. The molecule has 1 aromatic rings. The number of rotatable bonds is 3. The van der Waals surface area contributed by atoms with Gasteiger partial charge in [-0.25, -0.2) is 0 Å². The molecule has 0 bridgehead atoms. The molecule has 0 N–H and O–H groups in total. The summed E-state index contributed by atoms with van der Waals surface area (Å²) in [6, 6.07) is 5.93. The third-order valence-corrected chi connectivity index (χ3v) is 2.93. The molecule has 3 heteroatoms. The maximum absolute atomic E-state index is 10.7. The van der Waals surface area contributed by atoms with Crippen LogP contribution >= 0.6 is 23.4 Å². The largest absolute Gasteiger partial charge is 0.288 e. The molecule has 0 aliphatic heterocycles. The molecule has 0 atom stereocenters. The average Bonchev–Trinajstić information content (AvgIpc) is 2.14. The molecule has 1 aromatic carbocycles. The van der Waals surface area contributed by atoms with E-state index >= 15 is 0 Å². The van der Waals surface area contributed by atoms with Crippen molar-refractivity contribution in [1.82, 2.24) is 0 Å². The van der Waals surface area contributed by atoms with Gasteiger partial charge in [0.15, 0.2) is 5.12 Å². The number of hydrogen-bond donors (Lipinski definition) is 0. The fourth-order valence-corrected chi connectivity index (χ4v) is 1.83. The second-order valence-corrected chi connectivity index (χ2v) is 4.83. The lowest BCUT2D eigenvalue weighted by atomic mass is 10.1. The normalized spacial score (nSPS) is 10.9. The molecule has 0 fully saturated rings. The van der Waals surface area contributed by atoms with Gasteiger partial charge < -0.3 is 0 Å². The molecule has 80 valence electrons. The smallest absolute Gasteiger partial charge is 0.186 e. The minimum absolute atomic E-state index is 0.134. The van der Waals surface area contributed by atoms with Gasteiger partial charge in [0.2, 0.25) is 0 Å². The topological polar surface area (TPSA) is 17.1 Å². The van der Waals surface area contributed by atoms with Gasteiger partial charge in [0.1, 0.15) is 0 Å². The molecule has 0 aliphatic rings. The van der Waals surface area contributed by atoms with Crippen LogP contribution in [0.5, 0.6) is 0 Å². The van der Waals surface area contributed by atoms with Crippen molar-refractivity contribution in [1.29, 1.82) is 0 Å². The molecule has 1 rings (SSSR count). The van der Waals surface area contributed by atoms with Crippen LogP contribution < -0.4 is 0 Å². The van der Waals surface area contributed by atoms with Gasteiger partial charge in [-0.05, 0) is 24.1 Å². The Balaban J connectivity index is 2.60. The van der Waals surface area contributed by atoms with Crippen LogP contribution in [0.15, 0.2) is 24.3 Å². The second kappa shape index (κ2) is 5.99. The molecule has 0 spiro atoms. The molecule has 0 aromatic heterocycles. The van der Waals surface area contributed by atoms with Crippen LogP contribution in [0.1, 0.15) is 18.1 Å². The number of hydrogen-bond acceptors (Lipinski definition) is 2. The lowest BCUT2D eigenvalue weighted by Gasteiger charge is -1.99. The fourth-order valence-electron chi connectivity index (χ4n) is 1.11. The van der Waals surface area contributed by atoms with E-state index in [-0.39, 0.29) is 5.12 Å². The Bertz CT molecular complexity index is 385. The van der Waals surface area contributed by atoms with E-state index in [2.05, 4.69) is 0 Å². The van der Waals surface area contributed by atoms with Crippen molar-refractivity contribution in [2.24, 2.45) is 0 Å². The zero-order valence-corrected chi connectivity index (χ0v) is 10.4. The van der Waals surface area contributed by atoms with Crippen LogP contribution in [0, 0.1) is 6.92 Å². The van der Waals surface area contributed by atoms with Crippen molar-refractivity contribution in [2.75, 3.05) is 5.75 Å². The molecule has 0 aliphatic carbocycles. The predicted molar refractivity (Wildman–Crippen MR) is 68.4 cm³/mol. The highest BCUT2D eigenvalue weighted by Gasteiger charge is 1.96. The van der Waals surface area contributed by atoms with E-state index in [1.54, 1.807) is 6.92 Å². The number of carbonyl (C=O) groups is 1. The number of halogens is 1. The third kappa shape index (κ3) is 4.54. The first-order valence-electron chi connectivity index (χ1n) is 4.65. The first kappa shape index (κ1) is 12.3. The first-order valence-corrected chi connectivity index (χ1v) is 6.02. The van der Waals surface area contributed by atoms with E-state index in [1.807, 2.05) is 37.3 Å². The zero-order valence-electron chi connectivity index (χ0n) is 8.79. The van der Waals surface area contributed by atoms with Crippen molar-refractivity contribution in [3.05, 3.63) is 40.4 Å². The Hall–Kier alpha value is -0.730. The van der Waals surface area contributed by atoms with Gasteiger partial charge >= 0.3 is 0 Å². The first-order chi connectivity index (χ1) is 7.09. The van der Waals surface area contributed by atoms with Crippen molar-refractivity contribution in [3.63, 3.8) is 0 Å². The standard InChI is InChI=1S/C12H13ClOS/c1-9-5-6-11(12(13)8-9)4-3-7-15-10(2)14/h3-6,8H,7H2,1-2H3. The third-order valence-electron chi connectivity index (χ3n) is 1.84. The van der Waals surface area contributed by atoms with Crippen LogP contribution in [0.2, 0.25) is 5.02 Å². The van der Waals surface area contributed by atoms with E-state index in [1.165, 1.54) is 11.8 Å². The van der Waals surface area contributed by atoms with Crippen LogP contribution in [0.4, 0.5) is 0 Å². The molecular formula is C12H13ClOS. The second-order valence-electron chi connectivity index (χ2n) is 3.23. The molecule has 0 amide bonds. The van der Waals surface area contributed by atoms with Gasteiger partial charge in [0.05, 0.1) is 0 Å². The van der Waals surface area contributed by atoms with Crippen LogP contribution in [-0.2, 0) is 4.79 Å². The van der Waals surface area contributed by atoms with Crippen molar-refractivity contribution >= 4 is 34.6 Å². The minimum Gasteiger partial charge on any atom is -0.288 e. The van der Waals surface area contributed by atoms with E-state index in [0.29, 0.717) is 5.75 Å². The number of benzene rings is 1. The Morgan fingerprint density at radius 3 is 2.87 bits per heavy atom. The molecule has 15 heavy (non-hydrogen) atoms. The summed E-state index contributed by atoms with van der Waals surface area (Å²) in [5, 5.41) is 0.883. The van der Waals surface area contributed by atoms with Gasteiger partial charge in [0, 0.05) is 17.7 Å². The van der Waals surface area contributed by atoms with Crippen molar-refractivity contribution in [2.45, 2.75) is 13.8 Å². The van der Waals surface area contributed by atoms with E-state index in [0.717, 1.165) is 16.1 Å². The maximum Gasteiger partial charge on any atom is 0.186 e. The Labute approximate surface area is 99.5 Å². The van der Waals surface area contributed by atoms with Gasteiger partial charge in [-0.2, -0.15) is 0 Å². The highest BCUT2D eigenvalue weighted by molar-refractivity contribution is 8.13. The Morgan fingerprint density at radius 2 is 2.27 bits per heavy atom. The van der Waals surface area contributed by atoms with Crippen LogP contribution in [-0.4, -0.2) is 10.9 Å². The highest BCUT2D eigenvalue weighted by atomic mass is 35.5.